The number of rotatable bonds is 3. The molecule has 1 aromatic heterocycles. The van der Waals surface area contributed by atoms with Gasteiger partial charge >= 0.3 is 0 Å². The number of hydrogen-bond acceptors (Lipinski definition) is 3. The fourth-order valence-electron chi connectivity index (χ4n) is 2.87. The predicted octanol–water partition coefficient (Wildman–Crippen LogP) is 3.50. The zero-order valence-electron chi connectivity index (χ0n) is 14.5. The van der Waals surface area contributed by atoms with Crippen LogP contribution in [-0.2, 0) is 6.54 Å². The normalized spacial score (nSPS) is 14.8. The van der Waals surface area contributed by atoms with E-state index in [1.807, 2.05) is 24.4 Å². The van der Waals surface area contributed by atoms with Crippen LogP contribution in [-0.4, -0.2) is 49.1 Å². The zero-order valence-corrected chi connectivity index (χ0v) is 18.4. The average molecular weight is 534 g/mol. The number of pyridine rings is 1. The molecule has 3 rings (SSSR count). The first-order chi connectivity index (χ1) is 12.2. The molecule has 0 atom stereocenters. The Bertz CT molecular complexity index is 736. The van der Waals surface area contributed by atoms with E-state index < -0.39 is 0 Å². The number of piperazine rings is 1. The summed E-state index contributed by atoms with van der Waals surface area (Å²) in [7, 11) is 1.75. The van der Waals surface area contributed by atoms with Gasteiger partial charge in [-0.15, -0.1) is 24.0 Å². The zero-order chi connectivity index (χ0) is 17.6. The second-order valence-electron chi connectivity index (χ2n) is 5.80. The summed E-state index contributed by atoms with van der Waals surface area (Å²) < 4.78 is 14.7. The SMILES string of the molecule is CN=C(NCc1cc(Br)ccc1F)N1CCN(c2ccccn2)CC1.I. The summed E-state index contributed by atoms with van der Waals surface area (Å²) in [6.07, 6.45) is 1.81. The van der Waals surface area contributed by atoms with Crippen molar-refractivity contribution < 1.29 is 4.39 Å². The molecule has 26 heavy (non-hydrogen) atoms. The fraction of sp³-hybridized carbons (Fsp3) is 0.333. The van der Waals surface area contributed by atoms with Gasteiger partial charge in [0, 0.05) is 56.0 Å². The van der Waals surface area contributed by atoms with Gasteiger partial charge in [-0.3, -0.25) is 4.99 Å². The number of aliphatic imine (C=N–C) groups is 1. The summed E-state index contributed by atoms with van der Waals surface area (Å²) in [5.41, 5.74) is 0.614. The predicted molar refractivity (Wildman–Crippen MR) is 118 cm³/mol. The van der Waals surface area contributed by atoms with Gasteiger partial charge in [-0.25, -0.2) is 9.37 Å². The molecule has 0 saturated carbocycles. The lowest BCUT2D eigenvalue weighted by molar-refractivity contribution is 0.371. The summed E-state index contributed by atoms with van der Waals surface area (Å²) in [6.45, 7) is 3.85. The Labute approximate surface area is 178 Å². The molecule has 0 radical (unpaired) electrons. The summed E-state index contributed by atoms with van der Waals surface area (Å²) in [5, 5.41) is 3.26. The van der Waals surface area contributed by atoms with E-state index in [0.717, 1.165) is 42.4 Å². The number of hydrogen-bond donors (Lipinski definition) is 1. The Hall–Kier alpha value is -1.42. The van der Waals surface area contributed by atoms with Gasteiger partial charge < -0.3 is 15.1 Å². The molecule has 140 valence electrons. The van der Waals surface area contributed by atoms with Crippen molar-refractivity contribution in [2.24, 2.45) is 4.99 Å². The number of nitrogens with zero attached hydrogens (tertiary/aromatic N) is 4. The first kappa shape index (κ1) is 20.9. The van der Waals surface area contributed by atoms with Crippen molar-refractivity contribution in [3.05, 3.63) is 58.4 Å². The molecular formula is C18H22BrFIN5. The second kappa shape index (κ2) is 10.1. The lowest BCUT2D eigenvalue weighted by Gasteiger charge is -2.37. The van der Waals surface area contributed by atoms with Crippen LogP contribution >= 0.6 is 39.9 Å². The van der Waals surface area contributed by atoms with Crippen LogP contribution in [0.5, 0.6) is 0 Å². The van der Waals surface area contributed by atoms with Crippen molar-refractivity contribution in [1.29, 1.82) is 0 Å². The largest absolute Gasteiger partial charge is 0.353 e. The lowest BCUT2D eigenvalue weighted by Crippen LogP contribution is -2.52. The highest BCUT2D eigenvalue weighted by molar-refractivity contribution is 14.0. The summed E-state index contributed by atoms with van der Waals surface area (Å²) >= 11 is 3.38. The third-order valence-corrected chi connectivity index (χ3v) is 4.70. The van der Waals surface area contributed by atoms with Crippen LogP contribution in [0.15, 0.2) is 52.1 Å². The summed E-state index contributed by atoms with van der Waals surface area (Å²) in [6, 6.07) is 10.9. The maximum atomic E-state index is 13.9. The van der Waals surface area contributed by atoms with Gasteiger partial charge in [0.2, 0.25) is 0 Å². The number of benzene rings is 1. The standard InChI is InChI=1S/C18H21BrFN5.HI/c1-21-18(23-13-14-12-15(19)5-6-16(14)20)25-10-8-24(9-11-25)17-4-2-3-7-22-17;/h2-7,12H,8-11,13H2,1H3,(H,21,23);1H. The molecule has 0 spiro atoms. The molecular weight excluding hydrogens is 512 g/mol. The maximum absolute atomic E-state index is 13.9. The Morgan fingerprint density at radius 2 is 2.00 bits per heavy atom. The molecule has 8 heteroatoms. The molecule has 2 aromatic rings. The Morgan fingerprint density at radius 3 is 2.65 bits per heavy atom. The molecule has 0 bridgehead atoms. The van der Waals surface area contributed by atoms with Crippen molar-refractivity contribution in [2.45, 2.75) is 6.54 Å². The molecule has 1 N–H and O–H groups in total. The van der Waals surface area contributed by atoms with Gasteiger partial charge in [0.1, 0.15) is 11.6 Å². The molecule has 2 heterocycles. The molecule has 0 aliphatic carbocycles. The summed E-state index contributed by atoms with van der Waals surface area (Å²) in [5.74, 6) is 1.58. The van der Waals surface area contributed by atoms with E-state index >= 15 is 0 Å². The van der Waals surface area contributed by atoms with Crippen LogP contribution in [0.2, 0.25) is 0 Å². The Kier molecular flexibility index (Phi) is 8.08. The number of nitrogens with one attached hydrogen (secondary N) is 1. The van der Waals surface area contributed by atoms with Gasteiger partial charge in [-0.2, -0.15) is 0 Å². The Balaban J connectivity index is 0.00000243. The van der Waals surface area contributed by atoms with Crippen LogP contribution in [0.3, 0.4) is 0 Å². The molecule has 1 aromatic carbocycles. The third-order valence-electron chi connectivity index (χ3n) is 4.21. The van der Waals surface area contributed by atoms with Crippen LogP contribution in [0.1, 0.15) is 5.56 Å². The minimum absolute atomic E-state index is 0. The van der Waals surface area contributed by atoms with E-state index in [2.05, 4.69) is 41.0 Å². The number of anilines is 1. The number of aromatic nitrogens is 1. The molecule has 1 fully saturated rings. The molecule has 5 nitrogen and oxygen atoms in total. The first-order valence-electron chi connectivity index (χ1n) is 8.23. The minimum atomic E-state index is -0.217. The van der Waals surface area contributed by atoms with Crippen molar-refractivity contribution >= 4 is 51.7 Å². The van der Waals surface area contributed by atoms with Gasteiger partial charge in [-0.05, 0) is 30.3 Å². The molecule has 0 unspecified atom stereocenters. The number of halogens is 3. The summed E-state index contributed by atoms with van der Waals surface area (Å²) in [4.78, 5) is 13.2. The van der Waals surface area contributed by atoms with Gasteiger partial charge in [0.25, 0.3) is 0 Å². The topological polar surface area (TPSA) is 43.8 Å². The average Bonchev–Trinajstić information content (AvgIpc) is 2.66. The Morgan fingerprint density at radius 1 is 1.23 bits per heavy atom. The molecule has 1 aliphatic rings. The van der Waals surface area contributed by atoms with E-state index in [1.54, 1.807) is 19.2 Å². The third kappa shape index (κ3) is 5.29. The second-order valence-corrected chi connectivity index (χ2v) is 6.71. The molecule has 1 saturated heterocycles. The van der Waals surface area contributed by atoms with Crippen LogP contribution in [0.25, 0.3) is 0 Å². The van der Waals surface area contributed by atoms with Gasteiger partial charge in [0.15, 0.2) is 5.96 Å². The van der Waals surface area contributed by atoms with Crippen LogP contribution < -0.4 is 10.2 Å². The first-order valence-corrected chi connectivity index (χ1v) is 9.02. The van der Waals surface area contributed by atoms with Gasteiger partial charge in [-0.1, -0.05) is 22.0 Å². The number of guanidine groups is 1. The van der Waals surface area contributed by atoms with Crippen LogP contribution in [0, 0.1) is 5.82 Å². The van der Waals surface area contributed by atoms with Gasteiger partial charge in [0.05, 0.1) is 0 Å². The highest BCUT2D eigenvalue weighted by Crippen LogP contribution is 2.16. The van der Waals surface area contributed by atoms with E-state index in [9.17, 15) is 4.39 Å². The molecule has 1 aliphatic heterocycles. The highest BCUT2D eigenvalue weighted by atomic mass is 127. The van der Waals surface area contributed by atoms with Crippen LogP contribution in [0.4, 0.5) is 10.2 Å². The lowest BCUT2D eigenvalue weighted by atomic mass is 10.2. The van der Waals surface area contributed by atoms with Crippen molar-refractivity contribution in [3.8, 4) is 0 Å². The van der Waals surface area contributed by atoms with Crippen molar-refractivity contribution in [3.63, 3.8) is 0 Å². The minimum Gasteiger partial charge on any atom is -0.353 e. The quantitative estimate of drug-likeness (QED) is 0.372. The van der Waals surface area contributed by atoms with E-state index in [1.165, 1.54) is 6.07 Å². The van der Waals surface area contributed by atoms with E-state index in [-0.39, 0.29) is 29.8 Å². The smallest absolute Gasteiger partial charge is 0.194 e. The highest BCUT2D eigenvalue weighted by Gasteiger charge is 2.20. The van der Waals surface area contributed by atoms with E-state index in [4.69, 9.17) is 0 Å². The maximum Gasteiger partial charge on any atom is 0.194 e. The van der Waals surface area contributed by atoms with Crippen molar-refractivity contribution in [2.75, 3.05) is 38.1 Å². The van der Waals surface area contributed by atoms with Crippen molar-refractivity contribution in [1.82, 2.24) is 15.2 Å². The molecule has 0 amide bonds. The van der Waals surface area contributed by atoms with E-state index in [0.29, 0.717) is 12.1 Å². The fourth-order valence-corrected chi connectivity index (χ4v) is 3.28. The monoisotopic (exact) mass is 533 g/mol.